The summed E-state index contributed by atoms with van der Waals surface area (Å²) in [7, 11) is 0. The summed E-state index contributed by atoms with van der Waals surface area (Å²) in [5.41, 5.74) is 9.96. The number of nitrogens with two attached hydrogens (primary N) is 1. The summed E-state index contributed by atoms with van der Waals surface area (Å²) in [6.07, 6.45) is 0.999. The van der Waals surface area contributed by atoms with E-state index in [1.807, 2.05) is 0 Å². The lowest BCUT2D eigenvalue weighted by molar-refractivity contribution is 0.224. The number of aryl methyl sites for hydroxylation is 1. The van der Waals surface area contributed by atoms with Crippen LogP contribution >= 0.6 is 12.2 Å². The standard InChI is InChI=1S/C16H25N3S/c1-4-14(16(17)20)18-8-10-19(11-9-18)15-7-5-6-12(2)13(15)3/h5-7,14H,4,8-11H2,1-3H3,(H2,17,20). The van der Waals surface area contributed by atoms with E-state index in [1.165, 1.54) is 16.8 Å². The summed E-state index contributed by atoms with van der Waals surface area (Å²) in [6, 6.07) is 6.80. The minimum atomic E-state index is 0.255. The van der Waals surface area contributed by atoms with E-state index in [0.717, 1.165) is 32.6 Å². The first-order valence-corrected chi connectivity index (χ1v) is 7.80. The molecule has 20 heavy (non-hydrogen) atoms. The molecule has 0 aliphatic carbocycles. The number of hydrogen-bond donors (Lipinski definition) is 1. The Balaban J connectivity index is 2.04. The van der Waals surface area contributed by atoms with Crippen molar-refractivity contribution in [2.45, 2.75) is 33.2 Å². The molecule has 2 rings (SSSR count). The van der Waals surface area contributed by atoms with Crippen molar-refractivity contribution in [3.63, 3.8) is 0 Å². The molecule has 1 heterocycles. The zero-order valence-electron chi connectivity index (χ0n) is 12.7. The van der Waals surface area contributed by atoms with Gasteiger partial charge in [-0.3, -0.25) is 4.90 Å². The van der Waals surface area contributed by atoms with E-state index in [-0.39, 0.29) is 6.04 Å². The Bertz CT molecular complexity index is 479. The Morgan fingerprint density at radius 3 is 2.45 bits per heavy atom. The highest BCUT2D eigenvalue weighted by Crippen LogP contribution is 2.24. The Morgan fingerprint density at radius 2 is 1.90 bits per heavy atom. The molecule has 110 valence electrons. The highest BCUT2D eigenvalue weighted by atomic mass is 32.1. The average molecular weight is 291 g/mol. The monoisotopic (exact) mass is 291 g/mol. The van der Waals surface area contributed by atoms with Crippen molar-refractivity contribution in [3.05, 3.63) is 29.3 Å². The zero-order valence-corrected chi connectivity index (χ0v) is 13.5. The highest BCUT2D eigenvalue weighted by Gasteiger charge is 2.25. The normalized spacial score (nSPS) is 18.1. The van der Waals surface area contributed by atoms with E-state index in [9.17, 15) is 0 Å². The van der Waals surface area contributed by atoms with Crippen molar-refractivity contribution in [1.29, 1.82) is 0 Å². The molecule has 0 amide bonds. The summed E-state index contributed by atoms with van der Waals surface area (Å²) in [5.74, 6) is 0. The Morgan fingerprint density at radius 1 is 1.25 bits per heavy atom. The molecular weight excluding hydrogens is 266 g/mol. The molecule has 1 unspecified atom stereocenters. The summed E-state index contributed by atoms with van der Waals surface area (Å²) in [5, 5.41) is 0. The molecule has 1 saturated heterocycles. The third-order valence-electron chi connectivity index (χ3n) is 4.39. The third-order valence-corrected chi connectivity index (χ3v) is 4.66. The number of anilines is 1. The molecule has 0 saturated carbocycles. The minimum absolute atomic E-state index is 0.255. The van der Waals surface area contributed by atoms with Crippen LogP contribution in [0.3, 0.4) is 0 Å². The lowest BCUT2D eigenvalue weighted by Gasteiger charge is -2.40. The van der Waals surface area contributed by atoms with E-state index >= 15 is 0 Å². The maximum atomic E-state index is 5.84. The smallest absolute Gasteiger partial charge is 0.0901 e. The summed E-state index contributed by atoms with van der Waals surface area (Å²) in [6.45, 7) is 10.7. The van der Waals surface area contributed by atoms with E-state index in [1.54, 1.807) is 0 Å². The van der Waals surface area contributed by atoms with Gasteiger partial charge in [-0.15, -0.1) is 0 Å². The Labute approximate surface area is 127 Å². The summed E-state index contributed by atoms with van der Waals surface area (Å²) in [4.78, 5) is 5.53. The number of piperazine rings is 1. The second-order valence-electron chi connectivity index (χ2n) is 5.57. The van der Waals surface area contributed by atoms with E-state index < -0.39 is 0 Å². The number of thiocarbonyl (C=S) groups is 1. The van der Waals surface area contributed by atoms with Crippen molar-refractivity contribution in [2.75, 3.05) is 31.1 Å². The van der Waals surface area contributed by atoms with Crippen molar-refractivity contribution >= 4 is 22.9 Å². The fourth-order valence-corrected chi connectivity index (χ4v) is 3.31. The van der Waals surface area contributed by atoms with Gasteiger partial charge >= 0.3 is 0 Å². The van der Waals surface area contributed by atoms with Crippen LogP contribution in [0.4, 0.5) is 5.69 Å². The minimum Gasteiger partial charge on any atom is -0.392 e. The van der Waals surface area contributed by atoms with Crippen LogP contribution in [0.5, 0.6) is 0 Å². The lowest BCUT2D eigenvalue weighted by Crippen LogP contribution is -2.53. The van der Waals surface area contributed by atoms with Crippen molar-refractivity contribution < 1.29 is 0 Å². The van der Waals surface area contributed by atoms with Gasteiger partial charge in [0.1, 0.15) is 0 Å². The second kappa shape index (κ2) is 6.55. The zero-order chi connectivity index (χ0) is 14.7. The molecule has 2 N–H and O–H groups in total. The second-order valence-corrected chi connectivity index (χ2v) is 6.04. The Hall–Kier alpha value is -1.13. The van der Waals surface area contributed by atoms with Crippen LogP contribution in [0.15, 0.2) is 18.2 Å². The van der Waals surface area contributed by atoms with Gasteiger partial charge in [0.25, 0.3) is 0 Å². The van der Waals surface area contributed by atoms with Gasteiger partial charge in [-0.2, -0.15) is 0 Å². The number of benzene rings is 1. The molecule has 0 aromatic heterocycles. The van der Waals surface area contributed by atoms with E-state index in [2.05, 4.69) is 48.8 Å². The van der Waals surface area contributed by atoms with Crippen LogP contribution in [0.1, 0.15) is 24.5 Å². The van der Waals surface area contributed by atoms with Crippen LogP contribution in [-0.2, 0) is 0 Å². The highest BCUT2D eigenvalue weighted by molar-refractivity contribution is 7.80. The first-order valence-electron chi connectivity index (χ1n) is 7.39. The van der Waals surface area contributed by atoms with Gasteiger partial charge in [-0.1, -0.05) is 31.3 Å². The molecule has 1 fully saturated rings. The predicted octanol–water partition coefficient (Wildman–Crippen LogP) is 2.49. The third kappa shape index (κ3) is 3.13. The van der Waals surface area contributed by atoms with Crippen LogP contribution < -0.4 is 10.6 Å². The molecule has 1 aromatic carbocycles. The van der Waals surface area contributed by atoms with E-state index in [0.29, 0.717) is 4.99 Å². The van der Waals surface area contributed by atoms with Gasteiger partial charge in [-0.05, 0) is 37.5 Å². The molecule has 3 nitrogen and oxygen atoms in total. The maximum absolute atomic E-state index is 5.84. The quantitative estimate of drug-likeness (QED) is 0.864. The molecule has 1 aliphatic heterocycles. The van der Waals surface area contributed by atoms with Gasteiger partial charge in [0.15, 0.2) is 0 Å². The van der Waals surface area contributed by atoms with Gasteiger partial charge in [0, 0.05) is 31.9 Å². The number of nitrogens with zero attached hydrogens (tertiary/aromatic N) is 2. The topological polar surface area (TPSA) is 32.5 Å². The molecule has 4 heteroatoms. The fraction of sp³-hybridized carbons (Fsp3) is 0.562. The van der Waals surface area contributed by atoms with Gasteiger partial charge < -0.3 is 10.6 Å². The van der Waals surface area contributed by atoms with Crippen molar-refractivity contribution in [1.82, 2.24) is 4.90 Å². The van der Waals surface area contributed by atoms with Gasteiger partial charge in [-0.25, -0.2) is 0 Å². The van der Waals surface area contributed by atoms with Crippen LogP contribution in [0.25, 0.3) is 0 Å². The fourth-order valence-electron chi connectivity index (χ4n) is 2.99. The van der Waals surface area contributed by atoms with Crippen molar-refractivity contribution in [3.8, 4) is 0 Å². The van der Waals surface area contributed by atoms with E-state index in [4.69, 9.17) is 18.0 Å². The molecule has 1 aromatic rings. The summed E-state index contributed by atoms with van der Waals surface area (Å²) >= 11 is 5.18. The predicted molar refractivity (Wildman–Crippen MR) is 90.6 cm³/mol. The van der Waals surface area contributed by atoms with Crippen LogP contribution in [0, 0.1) is 13.8 Å². The Kier molecular flexibility index (Phi) is 5.00. The molecule has 0 spiro atoms. The van der Waals surface area contributed by atoms with Crippen LogP contribution in [-0.4, -0.2) is 42.1 Å². The maximum Gasteiger partial charge on any atom is 0.0901 e. The molecule has 1 aliphatic rings. The largest absolute Gasteiger partial charge is 0.392 e. The molecular formula is C16H25N3S. The van der Waals surface area contributed by atoms with Gasteiger partial charge in [0.05, 0.1) is 11.0 Å². The number of rotatable bonds is 4. The SMILES string of the molecule is CCC(C(N)=S)N1CCN(c2cccc(C)c2C)CC1. The lowest BCUT2D eigenvalue weighted by atomic mass is 10.1. The first-order chi connectivity index (χ1) is 9.54. The number of hydrogen-bond acceptors (Lipinski definition) is 3. The average Bonchev–Trinajstić information content (AvgIpc) is 2.43. The van der Waals surface area contributed by atoms with Crippen LogP contribution in [0.2, 0.25) is 0 Å². The molecule has 1 atom stereocenters. The molecule has 0 bridgehead atoms. The first kappa shape index (κ1) is 15.3. The van der Waals surface area contributed by atoms with Crippen molar-refractivity contribution in [2.24, 2.45) is 5.73 Å². The molecule has 0 radical (unpaired) electrons. The summed E-state index contributed by atoms with van der Waals surface area (Å²) < 4.78 is 0. The van der Waals surface area contributed by atoms with Gasteiger partial charge in [0.2, 0.25) is 0 Å².